The van der Waals surface area contributed by atoms with E-state index >= 15 is 0 Å². The molecule has 2 unspecified atom stereocenters. The Hall–Kier alpha value is -1.34. The van der Waals surface area contributed by atoms with Gasteiger partial charge in [0.25, 0.3) is 0 Å². The van der Waals surface area contributed by atoms with Crippen LogP contribution >= 0.6 is 0 Å². The Kier molecular flexibility index (Phi) is 5.41. The summed E-state index contributed by atoms with van der Waals surface area (Å²) in [4.78, 5) is 16.9. The van der Waals surface area contributed by atoms with Crippen LogP contribution in [-0.4, -0.2) is 72.2 Å². The molecule has 2 aliphatic heterocycles. The molecule has 3 N–H and O–H groups in total. The summed E-state index contributed by atoms with van der Waals surface area (Å²) in [5, 5.41) is 11.9. The van der Waals surface area contributed by atoms with Gasteiger partial charge in [0, 0.05) is 32.2 Å². The van der Waals surface area contributed by atoms with Crippen molar-refractivity contribution >= 4 is 11.7 Å². The molecule has 0 aliphatic carbocycles. The minimum absolute atomic E-state index is 0.00447. The van der Waals surface area contributed by atoms with E-state index in [2.05, 4.69) is 10.1 Å². The Bertz CT molecular complexity index is 394. The third kappa shape index (κ3) is 3.65. The Morgan fingerprint density at radius 2 is 2.00 bits per heavy atom. The van der Waals surface area contributed by atoms with Gasteiger partial charge in [-0.25, -0.2) is 0 Å². The van der Waals surface area contributed by atoms with Gasteiger partial charge in [0.1, 0.15) is 5.92 Å². The van der Waals surface area contributed by atoms with Crippen LogP contribution in [0, 0.1) is 11.8 Å². The van der Waals surface area contributed by atoms with E-state index in [-0.39, 0.29) is 17.7 Å². The second-order valence-corrected chi connectivity index (χ2v) is 6.12. The van der Waals surface area contributed by atoms with Crippen LogP contribution in [0.15, 0.2) is 5.16 Å². The zero-order chi connectivity index (χ0) is 15.4. The highest BCUT2D eigenvalue weighted by molar-refractivity contribution is 6.02. The van der Waals surface area contributed by atoms with Crippen molar-refractivity contribution in [1.82, 2.24) is 9.80 Å². The topological polar surface area (TPSA) is 91.4 Å². The van der Waals surface area contributed by atoms with Crippen LogP contribution in [0.2, 0.25) is 0 Å². The lowest BCUT2D eigenvalue weighted by atomic mass is 9.93. The Balaban J connectivity index is 1.97. The van der Waals surface area contributed by atoms with E-state index < -0.39 is 5.92 Å². The first kappa shape index (κ1) is 16.0. The summed E-state index contributed by atoms with van der Waals surface area (Å²) in [7, 11) is 0. The molecule has 0 aromatic rings. The number of nitrogens with zero attached hydrogens (tertiary/aromatic N) is 3. The monoisotopic (exact) mass is 298 g/mol. The lowest BCUT2D eigenvalue weighted by Crippen LogP contribution is -2.47. The van der Waals surface area contributed by atoms with Crippen LogP contribution in [0.5, 0.6) is 0 Å². The van der Waals surface area contributed by atoms with Crippen molar-refractivity contribution < 1.29 is 14.7 Å². The minimum atomic E-state index is -0.543. The van der Waals surface area contributed by atoms with Crippen molar-refractivity contribution in [2.24, 2.45) is 22.7 Å². The average molecular weight is 298 g/mol. The molecule has 1 amide bonds. The van der Waals surface area contributed by atoms with Crippen molar-refractivity contribution in [3.05, 3.63) is 0 Å². The van der Waals surface area contributed by atoms with Crippen molar-refractivity contribution in [1.29, 1.82) is 0 Å². The fourth-order valence-corrected chi connectivity index (χ4v) is 3.19. The third-order valence-electron chi connectivity index (χ3n) is 4.40. The second kappa shape index (κ2) is 7.09. The number of amidine groups is 1. The molecule has 7 nitrogen and oxygen atoms in total. The highest BCUT2D eigenvalue weighted by Gasteiger charge is 2.36. The lowest BCUT2D eigenvalue weighted by Gasteiger charge is -2.32. The van der Waals surface area contributed by atoms with Gasteiger partial charge in [-0.05, 0) is 12.3 Å². The number of carbonyl (C=O) groups is 1. The first-order valence-corrected chi connectivity index (χ1v) is 7.62. The molecule has 2 fully saturated rings. The molecule has 2 heterocycles. The predicted molar refractivity (Wildman–Crippen MR) is 79.1 cm³/mol. The molecular weight excluding hydrogens is 272 g/mol. The van der Waals surface area contributed by atoms with Crippen LogP contribution in [0.4, 0.5) is 0 Å². The molecule has 0 spiro atoms. The third-order valence-corrected chi connectivity index (χ3v) is 4.40. The zero-order valence-electron chi connectivity index (χ0n) is 12.9. The zero-order valence-corrected chi connectivity index (χ0v) is 12.9. The van der Waals surface area contributed by atoms with Gasteiger partial charge in [0.2, 0.25) is 5.91 Å². The first-order valence-electron chi connectivity index (χ1n) is 7.62. The number of ether oxygens (including phenoxy) is 1. The molecule has 0 aromatic carbocycles. The number of rotatable bonds is 4. The molecule has 120 valence electrons. The van der Waals surface area contributed by atoms with Crippen LogP contribution in [0.25, 0.3) is 0 Å². The van der Waals surface area contributed by atoms with E-state index in [4.69, 9.17) is 15.7 Å². The number of hydrogen-bond donors (Lipinski definition) is 2. The molecule has 0 saturated carbocycles. The van der Waals surface area contributed by atoms with Gasteiger partial charge in [-0.1, -0.05) is 19.0 Å². The Labute approximate surface area is 125 Å². The lowest BCUT2D eigenvalue weighted by molar-refractivity contribution is -0.133. The maximum absolute atomic E-state index is 12.6. The van der Waals surface area contributed by atoms with Gasteiger partial charge in [-0.2, -0.15) is 0 Å². The number of morpholine rings is 1. The number of amides is 1. The van der Waals surface area contributed by atoms with Crippen LogP contribution in [0.1, 0.15) is 20.3 Å². The molecular formula is C14H26N4O3. The number of carbonyl (C=O) groups excluding carboxylic acids is 1. The fourth-order valence-electron chi connectivity index (χ4n) is 3.19. The number of likely N-dealkylation sites (tertiary alicyclic amines) is 1. The van der Waals surface area contributed by atoms with Crippen molar-refractivity contribution in [2.75, 3.05) is 39.4 Å². The summed E-state index contributed by atoms with van der Waals surface area (Å²) in [6, 6.07) is 0.401. The van der Waals surface area contributed by atoms with Gasteiger partial charge < -0.3 is 20.6 Å². The molecule has 0 bridgehead atoms. The smallest absolute Gasteiger partial charge is 0.233 e. The van der Waals surface area contributed by atoms with Gasteiger partial charge in [0.05, 0.1) is 13.2 Å². The van der Waals surface area contributed by atoms with Gasteiger partial charge in [-0.15, -0.1) is 0 Å². The highest BCUT2D eigenvalue weighted by atomic mass is 16.5. The number of nitrogens with two attached hydrogens (primary N) is 1. The largest absolute Gasteiger partial charge is 0.409 e. The Morgan fingerprint density at radius 1 is 1.33 bits per heavy atom. The summed E-state index contributed by atoms with van der Waals surface area (Å²) in [6.45, 7) is 8.68. The summed E-state index contributed by atoms with van der Waals surface area (Å²) in [5.41, 5.74) is 5.69. The van der Waals surface area contributed by atoms with E-state index in [1.54, 1.807) is 0 Å². The van der Waals surface area contributed by atoms with Gasteiger partial charge in [-0.3, -0.25) is 9.69 Å². The predicted octanol–water partition coefficient (Wildman–Crippen LogP) is -0.0619. The maximum atomic E-state index is 12.6. The van der Waals surface area contributed by atoms with E-state index in [0.717, 1.165) is 45.8 Å². The van der Waals surface area contributed by atoms with Crippen molar-refractivity contribution in [2.45, 2.75) is 26.3 Å². The Morgan fingerprint density at radius 3 is 2.57 bits per heavy atom. The van der Waals surface area contributed by atoms with E-state index in [1.165, 1.54) is 0 Å². The normalized spacial score (nSPS) is 26.3. The summed E-state index contributed by atoms with van der Waals surface area (Å²) >= 11 is 0. The van der Waals surface area contributed by atoms with Gasteiger partial charge in [0.15, 0.2) is 5.84 Å². The molecule has 2 rings (SSSR count). The molecule has 2 atom stereocenters. The maximum Gasteiger partial charge on any atom is 0.233 e. The van der Waals surface area contributed by atoms with E-state index in [1.807, 2.05) is 18.7 Å². The second-order valence-electron chi connectivity index (χ2n) is 6.12. The van der Waals surface area contributed by atoms with Crippen molar-refractivity contribution in [3.8, 4) is 0 Å². The average Bonchev–Trinajstić information content (AvgIpc) is 2.97. The van der Waals surface area contributed by atoms with Crippen molar-refractivity contribution in [3.63, 3.8) is 0 Å². The fraction of sp³-hybridized carbons (Fsp3) is 0.857. The van der Waals surface area contributed by atoms with E-state index in [0.29, 0.717) is 6.04 Å². The van der Waals surface area contributed by atoms with Crippen LogP contribution < -0.4 is 5.73 Å². The van der Waals surface area contributed by atoms with Gasteiger partial charge >= 0.3 is 0 Å². The van der Waals surface area contributed by atoms with Crippen LogP contribution in [-0.2, 0) is 9.53 Å². The highest BCUT2D eigenvalue weighted by Crippen LogP contribution is 2.22. The molecule has 7 heteroatoms. The standard InChI is InChI=1S/C14H26N4O3/c1-10(2)12(13(15)16-20)14(19)18-4-3-11(9-18)17-5-7-21-8-6-17/h10-12,20H,3-9H2,1-2H3,(H2,15,16). The molecule has 2 aliphatic rings. The number of oxime groups is 1. The summed E-state index contributed by atoms with van der Waals surface area (Å²) < 4.78 is 5.37. The van der Waals surface area contributed by atoms with E-state index in [9.17, 15) is 4.79 Å². The summed E-state index contributed by atoms with van der Waals surface area (Å²) in [5.74, 6) is -0.560. The quantitative estimate of drug-likeness (QED) is 0.328. The molecule has 2 saturated heterocycles. The minimum Gasteiger partial charge on any atom is -0.409 e. The summed E-state index contributed by atoms with van der Waals surface area (Å²) in [6.07, 6.45) is 0.979. The number of hydrogen-bond acceptors (Lipinski definition) is 5. The molecule has 0 aromatic heterocycles. The first-order chi connectivity index (χ1) is 10.0. The van der Waals surface area contributed by atoms with Crippen LogP contribution in [0.3, 0.4) is 0 Å². The SMILES string of the molecule is CC(C)C(C(=O)N1CCC(N2CCOCC2)C1)C(N)=NO. The molecule has 0 radical (unpaired) electrons. The molecule has 21 heavy (non-hydrogen) atoms.